The summed E-state index contributed by atoms with van der Waals surface area (Å²) in [5.41, 5.74) is 1.83. The maximum atomic E-state index is 13.5. The molecule has 1 aliphatic heterocycles. The number of hydrogen-bond acceptors (Lipinski definition) is 3. The molecule has 0 saturated carbocycles. The van der Waals surface area contributed by atoms with Gasteiger partial charge in [0.05, 0.1) is 0 Å². The van der Waals surface area contributed by atoms with Crippen LogP contribution in [-0.4, -0.2) is 19.3 Å². The monoisotopic (exact) mass is 301 g/mol. The normalized spacial score (nSPS) is 12.8. The molecule has 1 aliphatic rings. The van der Waals surface area contributed by atoms with Crippen LogP contribution in [0, 0.1) is 5.82 Å². The second kappa shape index (κ2) is 6.33. The van der Waals surface area contributed by atoms with E-state index in [0.29, 0.717) is 5.75 Å². The molecule has 4 heteroatoms. The van der Waals surface area contributed by atoms with E-state index in [4.69, 9.17) is 4.74 Å². The lowest BCUT2D eigenvalue weighted by atomic mass is 10.1. The van der Waals surface area contributed by atoms with Crippen LogP contribution in [0.4, 0.5) is 4.39 Å². The number of fused-ring (bicyclic) bond motifs is 2. The molecule has 0 saturated heterocycles. The molecule has 0 aliphatic carbocycles. The highest BCUT2D eigenvalue weighted by atomic mass is 32.2. The van der Waals surface area contributed by atoms with Gasteiger partial charge < -0.3 is 10.1 Å². The summed E-state index contributed by atoms with van der Waals surface area (Å²) in [5, 5.41) is 3.14. The van der Waals surface area contributed by atoms with Crippen molar-refractivity contribution in [2.24, 2.45) is 0 Å². The lowest BCUT2D eigenvalue weighted by Crippen LogP contribution is -2.09. The second-order valence-corrected chi connectivity index (χ2v) is 5.88. The zero-order chi connectivity index (χ0) is 14.7. The Morgan fingerprint density at radius 3 is 2.86 bits per heavy atom. The number of nitrogens with one attached hydrogen (secondary N) is 1. The molecular weight excluding hydrogens is 285 g/mol. The van der Waals surface area contributed by atoms with E-state index in [1.165, 1.54) is 12.1 Å². The van der Waals surface area contributed by atoms with Gasteiger partial charge in [0.25, 0.3) is 0 Å². The van der Waals surface area contributed by atoms with E-state index in [9.17, 15) is 4.39 Å². The largest absolute Gasteiger partial charge is 0.456 e. The molecule has 0 amide bonds. The molecule has 1 heterocycles. The summed E-state index contributed by atoms with van der Waals surface area (Å²) in [6, 6.07) is 12.5. The van der Waals surface area contributed by atoms with Crippen LogP contribution >= 0.6 is 11.8 Å². The maximum absolute atomic E-state index is 13.5. The molecule has 2 aromatic rings. The summed E-state index contributed by atoms with van der Waals surface area (Å²) in [5.74, 6) is 2.19. The minimum Gasteiger partial charge on any atom is -0.456 e. The third kappa shape index (κ3) is 3.12. The minimum atomic E-state index is -0.251. The molecular formula is C17H16FNOS. The first-order valence-corrected chi connectivity index (χ1v) is 7.82. The molecule has 0 atom stereocenters. The van der Waals surface area contributed by atoms with Gasteiger partial charge in [-0.3, -0.25) is 0 Å². The molecule has 2 nitrogen and oxygen atoms in total. The van der Waals surface area contributed by atoms with Crippen LogP contribution < -0.4 is 10.1 Å². The molecule has 0 spiro atoms. The molecule has 0 aromatic heterocycles. The van der Waals surface area contributed by atoms with E-state index in [1.54, 1.807) is 17.8 Å². The topological polar surface area (TPSA) is 21.3 Å². The van der Waals surface area contributed by atoms with E-state index in [2.05, 4.69) is 5.32 Å². The number of hydrogen-bond donors (Lipinski definition) is 1. The Hall–Kier alpha value is -1.78. The van der Waals surface area contributed by atoms with E-state index in [-0.39, 0.29) is 5.82 Å². The minimum absolute atomic E-state index is 0.251. The first-order valence-electron chi connectivity index (χ1n) is 6.84. The van der Waals surface area contributed by atoms with E-state index < -0.39 is 0 Å². The van der Waals surface area contributed by atoms with Crippen LogP contribution in [0.3, 0.4) is 0 Å². The fourth-order valence-electron chi connectivity index (χ4n) is 2.20. The fourth-order valence-corrected chi connectivity index (χ4v) is 3.26. The van der Waals surface area contributed by atoms with Crippen LogP contribution in [0.15, 0.2) is 42.5 Å². The molecule has 108 valence electrons. The van der Waals surface area contributed by atoms with Crippen LogP contribution in [0.2, 0.25) is 0 Å². The highest BCUT2D eigenvalue weighted by Gasteiger charge is 2.16. The SMILES string of the molecule is CNCCSC1=Cc2cc(F)ccc2Oc2ccccc21. The van der Waals surface area contributed by atoms with Crippen molar-refractivity contribution in [3.05, 3.63) is 59.4 Å². The van der Waals surface area contributed by atoms with Crippen LogP contribution in [0.25, 0.3) is 11.0 Å². The van der Waals surface area contributed by atoms with E-state index in [1.807, 2.05) is 37.4 Å². The van der Waals surface area contributed by atoms with Gasteiger partial charge in [-0.25, -0.2) is 4.39 Å². The number of rotatable bonds is 4. The van der Waals surface area contributed by atoms with Crippen molar-refractivity contribution in [2.45, 2.75) is 0 Å². The predicted molar refractivity (Wildman–Crippen MR) is 87.2 cm³/mol. The van der Waals surface area contributed by atoms with Crippen molar-refractivity contribution in [2.75, 3.05) is 19.3 Å². The highest BCUT2D eigenvalue weighted by Crippen LogP contribution is 2.42. The fraction of sp³-hybridized carbons (Fsp3) is 0.176. The van der Waals surface area contributed by atoms with Crippen molar-refractivity contribution in [1.82, 2.24) is 5.32 Å². The second-order valence-electron chi connectivity index (χ2n) is 4.74. The van der Waals surface area contributed by atoms with Gasteiger partial charge in [-0.1, -0.05) is 18.2 Å². The highest BCUT2D eigenvalue weighted by molar-refractivity contribution is 8.08. The molecule has 0 radical (unpaired) electrons. The summed E-state index contributed by atoms with van der Waals surface area (Å²) in [7, 11) is 1.93. The zero-order valence-corrected chi connectivity index (χ0v) is 12.5. The first kappa shape index (κ1) is 14.2. The first-order chi connectivity index (χ1) is 10.3. The number of halogens is 1. The third-order valence-corrected chi connectivity index (χ3v) is 4.30. The van der Waals surface area contributed by atoms with Gasteiger partial charge in [0, 0.05) is 28.3 Å². The molecule has 21 heavy (non-hydrogen) atoms. The van der Waals surface area contributed by atoms with Crippen molar-refractivity contribution in [3.8, 4) is 11.5 Å². The third-order valence-electron chi connectivity index (χ3n) is 3.24. The molecule has 0 unspecified atom stereocenters. The Morgan fingerprint density at radius 1 is 1.14 bits per heavy atom. The Labute approximate surface area is 128 Å². The Kier molecular flexibility index (Phi) is 4.27. The quantitative estimate of drug-likeness (QED) is 0.847. The van der Waals surface area contributed by atoms with Gasteiger partial charge in [-0.15, -0.1) is 11.8 Å². The zero-order valence-electron chi connectivity index (χ0n) is 11.7. The summed E-state index contributed by atoms with van der Waals surface area (Å²) < 4.78 is 19.4. The Bertz CT molecular complexity index is 684. The molecule has 3 rings (SSSR count). The van der Waals surface area contributed by atoms with Gasteiger partial charge in [0.15, 0.2) is 0 Å². The average Bonchev–Trinajstić information content (AvgIpc) is 2.64. The van der Waals surface area contributed by atoms with Crippen LogP contribution in [0.1, 0.15) is 11.1 Å². The lowest BCUT2D eigenvalue weighted by molar-refractivity contribution is 0.479. The van der Waals surface area contributed by atoms with Crippen molar-refractivity contribution in [1.29, 1.82) is 0 Å². The van der Waals surface area contributed by atoms with Gasteiger partial charge in [0.1, 0.15) is 17.3 Å². The van der Waals surface area contributed by atoms with Gasteiger partial charge in [0.2, 0.25) is 0 Å². The van der Waals surface area contributed by atoms with Gasteiger partial charge in [-0.05, 0) is 37.4 Å². The van der Waals surface area contributed by atoms with Crippen LogP contribution in [0.5, 0.6) is 11.5 Å². The predicted octanol–water partition coefficient (Wildman–Crippen LogP) is 4.38. The summed E-state index contributed by atoms with van der Waals surface area (Å²) in [4.78, 5) is 1.10. The maximum Gasteiger partial charge on any atom is 0.135 e. The molecule has 1 N–H and O–H groups in total. The Morgan fingerprint density at radius 2 is 2.00 bits per heavy atom. The smallest absolute Gasteiger partial charge is 0.135 e. The summed E-state index contributed by atoms with van der Waals surface area (Å²) >= 11 is 1.74. The number of benzene rings is 2. The van der Waals surface area contributed by atoms with Crippen molar-refractivity contribution >= 4 is 22.7 Å². The summed E-state index contributed by atoms with van der Waals surface area (Å²) in [6.07, 6.45) is 2.00. The van der Waals surface area contributed by atoms with Gasteiger partial charge >= 0.3 is 0 Å². The average molecular weight is 301 g/mol. The molecule has 2 aromatic carbocycles. The molecule has 0 bridgehead atoms. The molecule has 0 fully saturated rings. The number of para-hydroxylation sites is 1. The van der Waals surface area contributed by atoms with Crippen molar-refractivity contribution < 1.29 is 9.13 Å². The Balaban J connectivity index is 2.04. The van der Waals surface area contributed by atoms with Gasteiger partial charge in [-0.2, -0.15) is 0 Å². The van der Waals surface area contributed by atoms with Crippen molar-refractivity contribution in [3.63, 3.8) is 0 Å². The van der Waals surface area contributed by atoms with E-state index in [0.717, 1.165) is 34.1 Å². The number of ether oxygens (including phenoxy) is 1. The number of thioether (sulfide) groups is 1. The summed E-state index contributed by atoms with van der Waals surface area (Å²) in [6.45, 7) is 0.918. The van der Waals surface area contributed by atoms with Crippen LogP contribution in [-0.2, 0) is 0 Å². The standard InChI is InChI=1S/C17H16FNOS/c1-19-8-9-21-17-11-12-10-13(18)6-7-15(12)20-16-5-3-2-4-14(16)17/h2-7,10-11,19H,8-9H2,1H3. The lowest BCUT2D eigenvalue weighted by Gasteiger charge is -2.10. The van der Waals surface area contributed by atoms with E-state index >= 15 is 0 Å².